The first kappa shape index (κ1) is 15.4. The Morgan fingerprint density at radius 2 is 2.10 bits per heavy atom. The highest BCUT2D eigenvalue weighted by Crippen LogP contribution is 2.28. The average molecular weight is 366 g/mol. The van der Waals surface area contributed by atoms with E-state index < -0.39 is 26.6 Å². The lowest BCUT2D eigenvalue weighted by Gasteiger charge is -2.17. The van der Waals surface area contributed by atoms with Crippen molar-refractivity contribution in [3.8, 4) is 0 Å². The summed E-state index contributed by atoms with van der Waals surface area (Å²) in [5.74, 6) is -1.32. The monoisotopic (exact) mass is 365 g/mol. The van der Waals surface area contributed by atoms with Crippen LogP contribution in [0.5, 0.6) is 0 Å². The van der Waals surface area contributed by atoms with Gasteiger partial charge in [-0.25, -0.2) is 17.9 Å². The van der Waals surface area contributed by atoms with Crippen molar-refractivity contribution >= 4 is 31.9 Å². The van der Waals surface area contributed by atoms with Gasteiger partial charge in [-0.1, -0.05) is 0 Å². The first-order valence-electron chi connectivity index (χ1n) is 5.77. The molecule has 1 aliphatic rings. The fourth-order valence-electron chi connectivity index (χ4n) is 2.07. The third-order valence-corrected chi connectivity index (χ3v) is 5.10. The van der Waals surface area contributed by atoms with Gasteiger partial charge in [0.25, 0.3) is 5.91 Å². The summed E-state index contributed by atoms with van der Waals surface area (Å²) >= 11 is 3.01. The molecule has 1 amide bonds. The van der Waals surface area contributed by atoms with Crippen LogP contribution in [-0.2, 0) is 10.0 Å². The Bertz CT molecular complexity index is 665. The Labute approximate surface area is 124 Å². The molecule has 1 fully saturated rings. The Balaban J connectivity index is 2.47. The zero-order valence-corrected chi connectivity index (χ0v) is 12.7. The minimum atomic E-state index is -4.13. The van der Waals surface area contributed by atoms with Gasteiger partial charge in [0.15, 0.2) is 0 Å². The molecular formula is C11H13BrFN3O3S. The molecule has 0 saturated carbocycles. The van der Waals surface area contributed by atoms with Crippen molar-refractivity contribution < 1.29 is 17.6 Å². The van der Waals surface area contributed by atoms with Gasteiger partial charge in [-0.2, -0.15) is 0 Å². The molecule has 1 saturated heterocycles. The molecular weight excluding hydrogens is 353 g/mol. The molecule has 0 radical (unpaired) electrons. The first-order chi connectivity index (χ1) is 9.20. The summed E-state index contributed by atoms with van der Waals surface area (Å²) in [5.41, 5.74) is 5.63. The van der Waals surface area contributed by atoms with Crippen molar-refractivity contribution in [1.29, 1.82) is 0 Å². The standard InChI is InChI=1S/C11H13BrFN3O3S/c12-10-8(11(17)16-2-1-7(14)5-16)3-6(13)4-9(10)20(15,18)19/h3-4,7H,1-2,5,14H2,(H2,15,18,19)/t7-/m0/s1. The Kier molecular flexibility index (Phi) is 4.14. The molecule has 1 atom stereocenters. The highest BCUT2D eigenvalue weighted by Gasteiger charge is 2.28. The lowest BCUT2D eigenvalue weighted by atomic mass is 10.2. The number of rotatable bonds is 2. The van der Waals surface area contributed by atoms with Gasteiger partial charge in [0.2, 0.25) is 10.0 Å². The predicted octanol–water partition coefficient (Wildman–Crippen LogP) is 0.409. The van der Waals surface area contributed by atoms with Gasteiger partial charge in [-0.15, -0.1) is 0 Å². The third-order valence-electron chi connectivity index (χ3n) is 3.05. The summed E-state index contributed by atoms with van der Waals surface area (Å²) < 4.78 is 36.3. The van der Waals surface area contributed by atoms with E-state index in [9.17, 15) is 17.6 Å². The number of halogens is 2. The van der Waals surface area contributed by atoms with E-state index in [2.05, 4.69) is 15.9 Å². The van der Waals surface area contributed by atoms with Crippen LogP contribution in [0.3, 0.4) is 0 Å². The maximum absolute atomic E-state index is 13.5. The average Bonchev–Trinajstić information content (AvgIpc) is 2.76. The van der Waals surface area contributed by atoms with E-state index in [1.807, 2.05) is 0 Å². The van der Waals surface area contributed by atoms with Crippen molar-refractivity contribution in [2.75, 3.05) is 13.1 Å². The summed E-state index contributed by atoms with van der Waals surface area (Å²) in [6, 6.07) is 1.63. The molecule has 6 nitrogen and oxygen atoms in total. The zero-order chi connectivity index (χ0) is 15.1. The van der Waals surface area contributed by atoms with E-state index in [0.29, 0.717) is 19.5 Å². The van der Waals surface area contributed by atoms with E-state index in [4.69, 9.17) is 10.9 Å². The first-order valence-corrected chi connectivity index (χ1v) is 8.11. The molecule has 1 aliphatic heterocycles. The van der Waals surface area contributed by atoms with Crippen LogP contribution in [0.4, 0.5) is 4.39 Å². The van der Waals surface area contributed by atoms with Gasteiger partial charge < -0.3 is 10.6 Å². The maximum Gasteiger partial charge on any atom is 0.255 e. The number of nitrogens with zero attached hydrogens (tertiary/aromatic N) is 1. The van der Waals surface area contributed by atoms with Gasteiger partial charge in [-0.3, -0.25) is 4.79 Å². The Morgan fingerprint density at radius 3 is 2.60 bits per heavy atom. The summed E-state index contributed by atoms with van der Waals surface area (Å²) in [7, 11) is -4.13. The van der Waals surface area contributed by atoms with Crippen LogP contribution >= 0.6 is 15.9 Å². The number of primary sulfonamides is 1. The van der Waals surface area contributed by atoms with Crippen molar-refractivity contribution in [2.45, 2.75) is 17.4 Å². The molecule has 9 heteroatoms. The van der Waals surface area contributed by atoms with Gasteiger partial charge in [-0.05, 0) is 34.5 Å². The highest BCUT2D eigenvalue weighted by atomic mass is 79.9. The number of benzene rings is 1. The minimum Gasteiger partial charge on any atom is -0.337 e. The van der Waals surface area contributed by atoms with E-state index in [-0.39, 0.29) is 16.1 Å². The SMILES string of the molecule is N[C@H]1CCN(C(=O)c2cc(F)cc(S(N)(=O)=O)c2Br)C1. The second-order valence-electron chi connectivity index (χ2n) is 4.61. The van der Waals surface area contributed by atoms with E-state index in [0.717, 1.165) is 12.1 Å². The van der Waals surface area contributed by atoms with Crippen molar-refractivity contribution in [2.24, 2.45) is 10.9 Å². The molecule has 2 rings (SSSR count). The smallest absolute Gasteiger partial charge is 0.255 e. The molecule has 0 spiro atoms. The fourth-order valence-corrected chi connectivity index (χ4v) is 3.78. The summed E-state index contributed by atoms with van der Waals surface area (Å²) in [6.07, 6.45) is 0.653. The van der Waals surface area contributed by atoms with Gasteiger partial charge in [0, 0.05) is 19.1 Å². The zero-order valence-electron chi connectivity index (χ0n) is 10.3. The van der Waals surface area contributed by atoms with Crippen molar-refractivity contribution in [1.82, 2.24) is 4.90 Å². The molecule has 110 valence electrons. The fraction of sp³-hybridized carbons (Fsp3) is 0.364. The molecule has 4 N–H and O–H groups in total. The molecule has 20 heavy (non-hydrogen) atoms. The number of carbonyl (C=O) groups excluding carboxylic acids is 1. The molecule has 0 aliphatic carbocycles. The number of hydrogen-bond donors (Lipinski definition) is 2. The van der Waals surface area contributed by atoms with Crippen LogP contribution in [0.2, 0.25) is 0 Å². The number of nitrogens with two attached hydrogens (primary N) is 2. The van der Waals surface area contributed by atoms with E-state index in [1.54, 1.807) is 0 Å². The lowest BCUT2D eigenvalue weighted by Crippen LogP contribution is -2.32. The maximum atomic E-state index is 13.5. The molecule has 0 unspecified atom stereocenters. The number of amides is 1. The van der Waals surface area contributed by atoms with Crippen LogP contribution in [0.25, 0.3) is 0 Å². The number of hydrogen-bond acceptors (Lipinski definition) is 4. The second kappa shape index (κ2) is 5.40. The molecule has 0 bridgehead atoms. The number of sulfonamides is 1. The summed E-state index contributed by atoms with van der Waals surface area (Å²) in [5, 5.41) is 5.00. The van der Waals surface area contributed by atoms with Crippen LogP contribution in [0.15, 0.2) is 21.5 Å². The van der Waals surface area contributed by atoms with E-state index >= 15 is 0 Å². The van der Waals surface area contributed by atoms with Crippen LogP contribution in [0, 0.1) is 5.82 Å². The molecule has 0 aromatic heterocycles. The normalized spacial score (nSPS) is 19.4. The molecule has 1 heterocycles. The van der Waals surface area contributed by atoms with Gasteiger partial charge in [0.1, 0.15) is 5.82 Å². The second-order valence-corrected chi connectivity index (χ2v) is 6.93. The molecule has 1 aromatic rings. The third kappa shape index (κ3) is 3.00. The van der Waals surface area contributed by atoms with Crippen LogP contribution in [-0.4, -0.2) is 38.4 Å². The summed E-state index contributed by atoms with van der Waals surface area (Å²) in [4.78, 5) is 13.3. The number of likely N-dealkylation sites (tertiary alicyclic amines) is 1. The highest BCUT2D eigenvalue weighted by molar-refractivity contribution is 9.10. The van der Waals surface area contributed by atoms with Crippen LogP contribution < -0.4 is 10.9 Å². The topological polar surface area (TPSA) is 106 Å². The van der Waals surface area contributed by atoms with Gasteiger partial charge >= 0.3 is 0 Å². The number of carbonyl (C=O) groups is 1. The minimum absolute atomic E-state index is 0.0353. The van der Waals surface area contributed by atoms with Crippen molar-refractivity contribution in [3.63, 3.8) is 0 Å². The molecule has 1 aromatic carbocycles. The quantitative estimate of drug-likeness (QED) is 0.791. The Morgan fingerprint density at radius 1 is 1.45 bits per heavy atom. The summed E-state index contributed by atoms with van der Waals surface area (Å²) in [6.45, 7) is 0.806. The van der Waals surface area contributed by atoms with Gasteiger partial charge in [0.05, 0.1) is 14.9 Å². The van der Waals surface area contributed by atoms with Crippen LogP contribution in [0.1, 0.15) is 16.8 Å². The lowest BCUT2D eigenvalue weighted by molar-refractivity contribution is 0.0789. The van der Waals surface area contributed by atoms with Crippen molar-refractivity contribution in [3.05, 3.63) is 28.0 Å². The predicted molar refractivity (Wildman–Crippen MR) is 74.0 cm³/mol. The largest absolute Gasteiger partial charge is 0.337 e. The Hall–Kier alpha value is -1.03. The van der Waals surface area contributed by atoms with E-state index in [1.165, 1.54) is 4.90 Å².